The Kier molecular flexibility index (Phi) is 2.25. The first kappa shape index (κ1) is 9.21. The number of nitrogens with zero attached hydrogens (tertiary/aromatic N) is 3. The van der Waals surface area contributed by atoms with E-state index in [2.05, 4.69) is 5.10 Å². The smallest absolute Gasteiger partial charge is 0.257 e. The number of likely N-dealkylation sites (tertiary alicyclic amines) is 1. The van der Waals surface area contributed by atoms with E-state index in [1.54, 1.807) is 29.0 Å². The Labute approximate surface area is 82.5 Å². The molecule has 76 valence electrons. The number of hydrogen-bond donors (Lipinski definition) is 1. The summed E-state index contributed by atoms with van der Waals surface area (Å²) in [6.45, 7) is 1.42. The predicted octanol–water partition coefficient (Wildman–Crippen LogP) is -0.407. The molecule has 2 N–H and O–H groups in total. The van der Waals surface area contributed by atoms with Crippen LogP contribution in [0.15, 0.2) is 12.4 Å². The lowest BCUT2D eigenvalue weighted by molar-refractivity contribution is 0.0791. The quantitative estimate of drug-likeness (QED) is 0.661. The highest BCUT2D eigenvalue weighted by atomic mass is 16.2. The number of carbonyl (C=O) groups excluding carboxylic acids is 1. The predicted molar refractivity (Wildman–Crippen MR) is 51.7 cm³/mol. The van der Waals surface area contributed by atoms with Crippen molar-refractivity contribution in [3.05, 3.63) is 18.0 Å². The Hall–Kier alpha value is -1.36. The van der Waals surface area contributed by atoms with Gasteiger partial charge < -0.3 is 10.6 Å². The van der Waals surface area contributed by atoms with Crippen molar-refractivity contribution in [2.45, 2.75) is 12.5 Å². The molecule has 0 bridgehead atoms. The van der Waals surface area contributed by atoms with Crippen LogP contribution in [0.3, 0.4) is 0 Å². The van der Waals surface area contributed by atoms with Crippen LogP contribution < -0.4 is 5.73 Å². The molecular weight excluding hydrogens is 180 g/mol. The van der Waals surface area contributed by atoms with E-state index in [0.717, 1.165) is 13.0 Å². The third kappa shape index (κ3) is 1.63. The number of aromatic nitrogens is 2. The average Bonchev–Trinajstić information content (AvgIpc) is 2.73. The van der Waals surface area contributed by atoms with Gasteiger partial charge >= 0.3 is 0 Å². The van der Waals surface area contributed by atoms with Gasteiger partial charge in [0.25, 0.3) is 5.91 Å². The normalized spacial score (nSPS) is 21.6. The van der Waals surface area contributed by atoms with E-state index in [-0.39, 0.29) is 11.9 Å². The van der Waals surface area contributed by atoms with E-state index in [1.165, 1.54) is 0 Å². The van der Waals surface area contributed by atoms with Crippen molar-refractivity contribution in [1.82, 2.24) is 14.7 Å². The summed E-state index contributed by atoms with van der Waals surface area (Å²) in [5, 5.41) is 3.97. The second-order valence-electron chi connectivity index (χ2n) is 3.70. The molecule has 1 aliphatic heterocycles. The van der Waals surface area contributed by atoms with E-state index in [4.69, 9.17) is 5.73 Å². The van der Waals surface area contributed by atoms with E-state index in [1.807, 2.05) is 0 Å². The molecule has 0 aliphatic carbocycles. The Morgan fingerprint density at radius 3 is 3.00 bits per heavy atom. The standard InChI is InChI=1S/C9H14N4O/c1-12-5-7(4-11-12)9(14)13-3-2-8(10)6-13/h4-5,8H,2-3,6,10H2,1H3/t8-/m1/s1. The van der Waals surface area contributed by atoms with Crippen molar-refractivity contribution >= 4 is 5.91 Å². The van der Waals surface area contributed by atoms with Gasteiger partial charge in [-0.25, -0.2) is 0 Å². The molecular formula is C9H14N4O. The van der Waals surface area contributed by atoms with Gasteiger partial charge in [0.15, 0.2) is 0 Å². The first-order valence-corrected chi connectivity index (χ1v) is 4.70. The molecule has 2 rings (SSSR count). The Bertz CT molecular complexity index is 346. The zero-order chi connectivity index (χ0) is 10.1. The van der Waals surface area contributed by atoms with Crippen LogP contribution in [0.25, 0.3) is 0 Å². The van der Waals surface area contributed by atoms with E-state index in [9.17, 15) is 4.79 Å². The van der Waals surface area contributed by atoms with Gasteiger partial charge in [-0.15, -0.1) is 0 Å². The highest BCUT2D eigenvalue weighted by Crippen LogP contribution is 2.11. The fraction of sp³-hybridized carbons (Fsp3) is 0.556. The lowest BCUT2D eigenvalue weighted by atomic mass is 10.3. The average molecular weight is 194 g/mol. The van der Waals surface area contributed by atoms with E-state index < -0.39 is 0 Å². The first-order valence-electron chi connectivity index (χ1n) is 4.70. The molecule has 5 nitrogen and oxygen atoms in total. The van der Waals surface area contributed by atoms with E-state index >= 15 is 0 Å². The summed E-state index contributed by atoms with van der Waals surface area (Å²) >= 11 is 0. The number of carbonyl (C=O) groups is 1. The van der Waals surface area contributed by atoms with Crippen molar-refractivity contribution in [2.75, 3.05) is 13.1 Å². The number of hydrogen-bond acceptors (Lipinski definition) is 3. The van der Waals surface area contributed by atoms with Crippen LogP contribution in [0, 0.1) is 0 Å². The first-order chi connectivity index (χ1) is 6.66. The molecule has 1 fully saturated rings. The van der Waals surface area contributed by atoms with Crippen LogP contribution in [-0.4, -0.2) is 39.7 Å². The second-order valence-corrected chi connectivity index (χ2v) is 3.70. The van der Waals surface area contributed by atoms with Gasteiger partial charge in [0, 0.05) is 32.4 Å². The van der Waals surface area contributed by atoms with Crippen molar-refractivity contribution < 1.29 is 4.79 Å². The molecule has 0 saturated carbocycles. The van der Waals surface area contributed by atoms with Crippen LogP contribution in [-0.2, 0) is 7.05 Å². The van der Waals surface area contributed by atoms with Crippen LogP contribution in [0.2, 0.25) is 0 Å². The zero-order valence-corrected chi connectivity index (χ0v) is 8.18. The molecule has 0 aromatic carbocycles. The van der Waals surface area contributed by atoms with Gasteiger partial charge in [-0.05, 0) is 6.42 Å². The molecule has 14 heavy (non-hydrogen) atoms. The van der Waals surface area contributed by atoms with Crippen LogP contribution in [0.4, 0.5) is 0 Å². The Morgan fingerprint density at radius 1 is 1.71 bits per heavy atom. The lowest BCUT2D eigenvalue weighted by Crippen LogP contribution is -2.31. The maximum Gasteiger partial charge on any atom is 0.257 e. The number of aryl methyl sites for hydroxylation is 1. The summed E-state index contributed by atoms with van der Waals surface area (Å²) in [7, 11) is 1.80. The molecule has 0 unspecified atom stereocenters. The molecule has 1 amide bonds. The number of amides is 1. The molecule has 1 atom stereocenters. The summed E-state index contributed by atoms with van der Waals surface area (Å²) in [5.74, 6) is 0.0334. The van der Waals surface area contributed by atoms with Crippen molar-refractivity contribution in [1.29, 1.82) is 0 Å². The Balaban J connectivity index is 2.09. The number of nitrogens with two attached hydrogens (primary N) is 1. The zero-order valence-electron chi connectivity index (χ0n) is 8.18. The maximum atomic E-state index is 11.8. The minimum atomic E-state index is 0.0334. The molecule has 0 spiro atoms. The minimum absolute atomic E-state index is 0.0334. The third-order valence-corrected chi connectivity index (χ3v) is 2.46. The topological polar surface area (TPSA) is 64.2 Å². The van der Waals surface area contributed by atoms with Gasteiger partial charge in [-0.3, -0.25) is 9.48 Å². The van der Waals surface area contributed by atoms with Gasteiger partial charge in [0.1, 0.15) is 0 Å². The Morgan fingerprint density at radius 2 is 2.50 bits per heavy atom. The SMILES string of the molecule is Cn1cc(C(=O)N2CC[C@@H](N)C2)cn1. The van der Waals surface area contributed by atoms with Crippen LogP contribution in [0.1, 0.15) is 16.8 Å². The van der Waals surface area contributed by atoms with Gasteiger partial charge in [0.05, 0.1) is 11.8 Å². The molecule has 1 aromatic heterocycles. The monoisotopic (exact) mass is 194 g/mol. The van der Waals surface area contributed by atoms with Gasteiger partial charge in [-0.1, -0.05) is 0 Å². The lowest BCUT2D eigenvalue weighted by Gasteiger charge is -2.13. The summed E-state index contributed by atoms with van der Waals surface area (Å²) in [6, 6.07) is 0.135. The molecule has 2 heterocycles. The fourth-order valence-corrected chi connectivity index (χ4v) is 1.69. The van der Waals surface area contributed by atoms with Crippen molar-refractivity contribution in [3.8, 4) is 0 Å². The molecule has 0 radical (unpaired) electrons. The van der Waals surface area contributed by atoms with Crippen molar-refractivity contribution in [2.24, 2.45) is 12.8 Å². The summed E-state index contributed by atoms with van der Waals surface area (Å²) < 4.78 is 1.63. The third-order valence-electron chi connectivity index (χ3n) is 2.46. The summed E-state index contributed by atoms with van der Waals surface area (Å²) in [5.41, 5.74) is 6.37. The largest absolute Gasteiger partial charge is 0.337 e. The minimum Gasteiger partial charge on any atom is -0.337 e. The van der Waals surface area contributed by atoms with Crippen LogP contribution in [0.5, 0.6) is 0 Å². The van der Waals surface area contributed by atoms with Crippen LogP contribution >= 0.6 is 0 Å². The highest BCUT2D eigenvalue weighted by Gasteiger charge is 2.24. The summed E-state index contributed by atoms with van der Waals surface area (Å²) in [4.78, 5) is 13.6. The molecule has 1 aliphatic rings. The summed E-state index contributed by atoms with van der Waals surface area (Å²) in [6.07, 6.45) is 4.21. The number of rotatable bonds is 1. The fourth-order valence-electron chi connectivity index (χ4n) is 1.69. The van der Waals surface area contributed by atoms with E-state index in [0.29, 0.717) is 12.1 Å². The molecule has 1 aromatic rings. The highest BCUT2D eigenvalue weighted by molar-refractivity contribution is 5.93. The van der Waals surface area contributed by atoms with Crippen molar-refractivity contribution in [3.63, 3.8) is 0 Å². The molecule has 5 heteroatoms. The van der Waals surface area contributed by atoms with Gasteiger partial charge in [-0.2, -0.15) is 5.10 Å². The molecule has 1 saturated heterocycles. The van der Waals surface area contributed by atoms with Gasteiger partial charge in [0.2, 0.25) is 0 Å². The maximum absolute atomic E-state index is 11.8. The second kappa shape index (κ2) is 3.42.